The van der Waals surface area contributed by atoms with Gasteiger partial charge in [-0.15, -0.1) is 0 Å². The van der Waals surface area contributed by atoms with Gasteiger partial charge < -0.3 is 14.4 Å². The van der Waals surface area contributed by atoms with Gasteiger partial charge in [0, 0.05) is 12.5 Å². The number of hydrogen-bond donors (Lipinski definition) is 1. The molecule has 8 nitrogen and oxygen atoms in total. The number of nitrogens with one attached hydrogen (secondary N) is 1. The lowest BCUT2D eigenvalue weighted by molar-refractivity contribution is 0.0727. The molecule has 0 aromatic carbocycles. The van der Waals surface area contributed by atoms with Gasteiger partial charge >= 0.3 is 0 Å². The molecule has 8 heteroatoms. The van der Waals surface area contributed by atoms with Crippen LogP contribution in [0.25, 0.3) is 0 Å². The van der Waals surface area contributed by atoms with Gasteiger partial charge in [-0.2, -0.15) is 4.98 Å². The van der Waals surface area contributed by atoms with Crippen LogP contribution >= 0.6 is 0 Å². The standard InChI is InChI=1S/C13H17N5O3/c1-4-18(7-11-16-12(8(2)3)17-21-11)13(20)9-5-14-6-10(19)15-9/h5-6,8H,4,7H2,1-3H3,(H,15,19). The minimum atomic E-state index is -0.420. The maximum atomic E-state index is 12.3. The van der Waals surface area contributed by atoms with Gasteiger partial charge in [0.1, 0.15) is 12.2 Å². The molecule has 0 bridgehead atoms. The lowest BCUT2D eigenvalue weighted by Gasteiger charge is -2.18. The monoisotopic (exact) mass is 291 g/mol. The molecule has 0 fully saturated rings. The predicted octanol–water partition coefficient (Wildman–Crippen LogP) is 0.939. The molecule has 112 valence electrons. The Morgan fingerprint density at radius 1 is 1.43 bits per heavy atom. The fourth-order valence-corrected chi connectivity index (χ4v) is 1.71. The smallest absolute Gasteiger partial charge is 0.272 e. The third-order valence-corrected chi connectivity index (χ3v) is 2.88. The molecule has 2 aromatic heterocycles. The van der Waals surface area contributed by atoms with Crippen molar-refractivity contribution in [2.75, 3.05) is 6.54 Å². The number of carbonyl (C=O) groups is 1. The second kappa shape index (κ2) is 6.29. The van der Waals surface area contributed by atoms with E-state index in [9.17, 15) is 9.59 Å². The van der Waals surface area contributed by atoms with E-state index < -0.39 is 5.56 Å². The molecule has 0 saturated carbocycles. The third-order valence-electron chi connectivity index (χ3n) is 2.88. The fourth-order valence-electron chi connectivity index (χ4n) is 1.71. The summed E-state index contributed by atoms with van der Waals surface area (Å²) in [4.78, 5) is 35.4. The predicted molar refractivity (Wildman–Crippen MR) is 73.7 cm³/mol. The Morgan fingerprint density at radius 3 is 2.76 bits per heavy atom. The van der Waals surface area contributed by atoms with Gasteiger partial charge in [0.2, 0.25) is 5.89 Å². The molecule has 0 saturated heterocycles. The lowest BCUT2D eigenvalue weighted by atomic mass is 10.2. The van der Waals surface area contributed by atoms with E-state index in [1.165, 1.54) is 11.1 Å². The first-order valence-corrected chi connectivity index (χ1v) is 6.67. The zero-order chi connectivity index (χ0) is 15.4. The van der Waals surface area contributed by atoms with Crippen LogP contribution in [0.2, 0.25) is 0 Å². The topological polar surface area (TPSA) is 105 Å². The van der Waals surface area contributed by atoms with Crippen molar-refractivity contribution >= 4 is 5.91 Å². The Balaban J connectivity index is 2.15. The summed E-state index contributed by atoms with van der Waals surface area (Å²) in [7, 11) is 0. The van der Waals surface area contributed by atoms with Gasteiger partial charge in [-0.05, 0) is 6.92 Å². The van der Waals surface area contributed by atoms with E-state index in [1.54, 1.807) is 0 Å². The first kappa shape index (κ1) is 14.9. The summed E-state index contributed by atoms with van der Waals surface area (Å²) in [6, 6.07) is 0. The number of aromatic nitrogens is 4. The number of nitrogens with zero attached hydrogens (tertiary/aromatic N) is 4. The fraction of sp³-hybridized carbons (Fsp3) is 0.462. The highest BCUT2D eigenvalue weighted by Crippen LogP contribution is 2.12. The third kappa shape index (κ3) is 3.53. The molecule has 2 rings (SSSR count). The number of aromatic amines is 1. The molecule has 21 heavy (non-hydrogen) atoms. The van der Waals surface area contributed by atoms with Gasteiger partial charge in [0.05, 0.1) is 12.4 Å². The van der Waals surface area contributed by atoms with Crippen LogP contribution in [0.15, 0.2) is 21.7 Å². The molecule has 0 aliphatic carbocycles. The molecule has 0 spiro atoms. The largest absolute Gasteiger partial charge is 0.337 e. The van der Waals surface area contributed by atoms with Crippen molar-refractivity contribution in [3.05, 3.63) is 40.2 Å². The normalized spacial score (nSPS) is 10.9. The quantitative estimate of drug-likeness (QED) is 0.878. The molecule has 0 radical (unpaired) electrons. The van der Waals surface area contributed by atoms with Crippen molar-refractivity contribution < 1.29 is 9.32 Å². The number of amides is 1. The first-order chi connectivity index (χ1) is 10.0. The van der Waals surface area contributed by atoms with Crippen LogP contribution in [0, 0.1) is 0 Å². The highest BCUT2D eigenvalue weighted by molar-refractivity contribution is 5.91. The Bertz CT molecular complexity index is 676. The van der Waals surface area contributed by atoms with Crippen LogP contribution in [0.4, 0.5) is 0 Å². The van der Waals surface area contributed by atoms with E-state index in [0.29, 0.717) is 18.3 Å². The van der Waals surface area contributed by atoms with E-state index in [4.69, 9.17) is 4.52 Å². The van der Waals surface area contributed by atoms with Crippen LogP contribution in [0.3, 0.4) is 0 Å². The summed E-state index contributed by atoms with van der Waals surface area (Å²) in [5, 5.41) is 3.86. The van der Waals surface area contributed by atoms with E-state index in [2.05, 4.69) is 20.1 Å². The van der Waals surface area contributed by atoms with Gasteiger partial charge in [-0.1, -0.05) is 19.0 Å². The summed E-state index contributed by atoms with van der Waals surface area (Å²) >= 11 is 0. The van der Waals surface area contributed by atoms with E-state index in [0.717, 1.165) is 6.20 Å². The van der Waals surface area contributed by atoms with Crippen molar-refractivity contribution in [2.24, 2.45) is 0 Å². The first-order valence-electron chi connectivity index (χ1n) is 6.67. The summed E-state index contributed by atoms with van der Waals surface area (Å²) in [6.45, 7) is 6.36. The average Bonchev–Trinajstić information content (AvgIpc) is 2.93. The molecule has 2 heterocycles. The molecule has 0 aliphatic rings. The molecule has 0 atom stereocenters. The van der Waals surface area contributed by atoms with Gasteiger partial charge in [-0.3, -0.25) is 14.6 Å². The maximum Gasteiger partial charge on any atom is 0.272 e. The highest BCUT2D eigenvalue weighted by Gasteiger charge is 2.19. The summed E-state index contributed by atoms with van der Waals surface area (Å²) in [6.07, 6.45) is 2.43. The Kier molecular flexibility index (Phi) is 4.46. The van der Waals surface area contributed by atoms with Crippen molar-refractivity contribution in [1.29, 1.82) is 0 Å². The number of carbonyl (C=O) groups excluding carboxylic acids is 1. The second-order valence-corrected chi connectivity index (χ2v) is 4.83. The van der Waals surface area contributed by atoms with Gasteiger partial charge in [-0.25, -0.2) is 0 Å². The average molecular weight is 291 g/mol. The van der Waals surface area contributed by atoms with Gasteiger partial charge in [0.25, 0.3) is 11.5 Å². The van der Waals surface area contributed by atoms with Crippen molar-refractivity contribution in [3.63, 3.8) is 0 Å². The van der Waals surface area contributed by atoms with Crippen LogP contribution in [-0.4, -0.2) is 37.5 Å². The Morgan fingerprint density at radius 2 is 2.19 bits per heavy atom. The van der Waals surface area contributed by atoms with E-state index in [1.807, 2.05) is 20.8 Å². The van der Waals surface area contributed by atoms with Crippen LogP contribution in [0.5, 0.6) is 0 Å². The zero-order valence-corrected chi connectivity index (χ0v) is 12.2. The number of H-pyrrole nitrogens is 1. The molecular weight excluding hydrogens is 274 g/mol. The number of hydrogen-bond acceptors (Lipinski definition) is 6. The van der Waals surface area contributed by atoms with E-state index in [-0.39, 0.29) is 24.1 Å². The molecule has 2 aromatic rings. The summed E-state index contributed by atoms with van der Waals surface area (Å²) < 4.78 is 5.13. The molecule has 1 amide bonds. The lowest BCUT2D eigenvalue weighted by Crippen LogP contribution is -2.32. The zero-order valence-electron chi connectivity index (χ0n) is 12.2. The second-order valence-electron chi connectivity index (χ2n) is 4.83. The molecule has 1 N–H and O–H groups in total. The molecule has 0 unspecified atom stereocenters. The van der Waals surface area contributed by atoms with Crippen LogP contribution in [-0.2, 0) is 6.54 Å². The SMILES string of the molecule is CCN(Cc1nc(C(C)C)no1)C(=O)c1cncc(=O)[nH]1. The van der Waals surface area contributed by atoms with Crippen molar-refractivity contribution in [3.8, 4) is 0 Å². The summed E-state index contributed by atoms with van der Waals surface area (Å²) in [5.41, 5.74) is -0.287. The summed E-state index contributed by atoms with van der Waals surface area (Å²) in [5.74, 6) is 0.776. The minimum Gasteiger partial charge on any atom is -0.337 e. The van der Waals surface area contributed by atoms with Crippen LogP contribution in [0.1, 0.15) is 48.9 Å². The number of rotatable bonds is 5. The molecular formula is C13H17N5O3. The van der Waals surface area contributed by atoms with Gasteiger partial charge in [0.15, 0.2) is 5.82 Å². The van der Waals surface area contributed by atoms with Crippen LogP contribution < -0.4 is 5.56 Å². The van der Waals surface area contributed by atoms with Crippen molar-refractivity contribution in [1.82, 2.24) is 25.0 Å². The van der Waals surface area contributed by atoms with Crippen molar-refractivity contribution in [2.45, 2.75) is 33.2 Å². The molecule has 0 aliphatic heterocycles. The minimum absolute atomic E-state index is 0.132. The van der Waals surface area contributed by atoms with E-state index >= 15 is 0 Å². The maximum absolute atomic E-state index is 12.3. The Hall–Kier alpha value is -2.51. The highest BCUT2D eigenvalue weighted by atomic mass is 16.5. The Labute approximate surface area is 121 Å².